The number of rotatable bonds is 3. The van der Waals surface area contributed by atoms with Gasteiger partial charge in [-0.1, -0.05) is 41.2 Å². The summed E-state index contributed by atoms with van der Waals surface area (Å²) < 4.78 is -0.922. The van der Waals surface area contributed by atoms with Gasteiger partial charge in [-0.2, -0.15) is 0 Å². The summed E-state index contributed by atoms with van der Waals surface area (Å²) in [7, 11) is 0. The van der Waals surface area contributed by atoms with Gasteiger partial charge in [0.15, 0.2) is 6.17 Å². The van der Waals surface area contributed by atoms with E-state index in [0.29, 0.717) is 11.8 Å². The normalized spacial score (nSPS) is 27.9. The molecule has 0 aliphatic heterocycles. The van der Waals surface area contributed by atoms with Crippen molar-refractivity contribution in [3.05, 3.63) is 33.1 Å². The monoisotopic (exact) mass is 379 g/mol. The fraction of sp³-hybridized carbons (Fsp3) is 0.643. The van der Waals surface area contributed by atoms with Crippen LogP contribution in [0.1, 0.15) is 31.8 Å². The third-order valence-corrected chi connectivity index (χ3v) is 5.41. The molecular weight excluding hydrogens is 365 g/mol. The summed E-state index contributed by atoms with van der Waals surface area (Å²) >= 11 is 17.8. The Morgan fingerprint density at radius 2 is 2.04 bits per heavy atom. The number of aromatic amines is 1. The van der Waals surface area contributed by atoms with Gasteiger partial charge in [-0.25, -0.2) is 4.79 Å². The van der Waals surface area contributed by atoms with Crippen molar-refractivity contribution in [1.29, 1.82) is 0 Å². The molecule has 9 heteroatoms. The first-order valence-corrected chi connectivity index (χ1v) is 8.57. The van der Waals surface area contributed by atoms with Gasteiger partial charge in [0.05, 0.1) is 0 Å². The molecule has 0 saturated heterocycles. The molecule has 3 rings (SSSR count). The van der Waals surface area contributed by atoms with Gasteiger partial charge in [-0.15, -0.1) is 0 Å². The summed E-state index contributed by atoms with van der Waals surface area (Å²) in [6.07, 6.45) is 4.12. The van der Waals surface area contributed by atoms with E-state index in [9.17, 15) is 14.4 Å². The molecule has 1 aromatic rings. The Balaban J connectivity index is 1.84. The minimum atomic E-state index is -1.94. The molecule has 1 amide bonds. The lowest BCUT2D eigenvalue weighted by atomic mass is 9.88. The van der Waals surface area contributed by atoms with Crippen LogP contribution in [0.15, 0.2) is 21.9 Å². The number of nitrogens with zero attached hydrogens (tertiary/aromatic N) is 1. The van der Waals surface area contributed by atoms with Crippen LogP contribution < -0.4 is 16.6 Å². The number of nitrogens with one attached hydrogen (secondary N) is 2. The van der Waals surface area contributed by atoms with Crippen LogP contribution in [0.2, 0.25) is 0 Å². The standard InChI is InChI=1S/C14H16Cl3N3O3/c15-14(16,17)12(20-4-3-10(21)18-13(20)23)19-11(22)9-6-7-1-2-8(9)5-7/h3-4,7-9,12H,1-2,5-6H2,(H,19,22)(H,18,21,23). The van der Waals surface area contributed by atoms with E-state index in [0.717, 1.165) is 29.9 Å². The van der Waals surface area contributed by atoms with E-state index >= 15 is 0 Å². The van der Waals surface area contributed by atoms with Crippen molar-refractivity contribution in [2.24, 2.45) is 17.8 Å². The second-order valence-corrected chi connectivity index (χ2v) is 8.62. The highest BCUT2D eigenvalue weighted by Crippen LogP contribution is 2.48. The molecule has 0 radical (unpaired) electrons. The van der Waals surface area contributed by atoms with Gasteiger partial charge in [-0.05, 0) is 31.1 Å². The first-order chi connectivity index (χ1) is 10.8. The number of H-pyrrole nitrogens is 1. The van der Waals surface area contributed by atoms with Gasteiger partial charge in [0.25, 0.3) is 5.56 Å². The first-order valence-electron chi connectivity index (χ1n) is 7.44. The van der Waals surface area contributed by atoms with Gasteiger partial charge in [0.2, 0.25) is 9.70 Å². The molecule has 0 aromatic carbocycles. The maximum Gasteiger partial charge on any atom is 0.330 e. The van der Waals surface area contributed by atoms with Crippen molar-refractivity contribution in [3.8, 4) is 0 Å². The van der Waals surface area contributed by atoms with E-state index in [-0.39, 0.29) is 11.8 Å². The van der Waals surface area contributed by atoms with Gasteiger partial charge < -0.3 is 5.32 Å². The molecule has 2 bridgehead atoms. The molecule has 2 aliphatic carbocycles. The lowest BCUT2D eigenvalue weighted by Crippen LogP contribution is -2.48. The Morgan fingerprint density at radius 1 is 1.30 bits per heavy atom. The van der Waals surface area contributed by atoms with Crippen molar-refractivity contribution in [2.75, 3.05) is 0 Å². The third kappa shape index (κ3) is 3.44. The predicted molar refractivity (Wildman–Crippen MR) is 87.7 cm³/mol. The lowest BCUT2D eigenvalue weighted by Gasteiger charge is -2.29. The van der Waals surface area contributed by atoms with Crippen molar-refractivity contribution in [3.63, 3.8) is 0 Å². The zero-order chi connectivity index (χ0) is 16.8. The van der Waals surface area contributed by atoms with Gasteiger partial charge in [-0.3, -0.25) is 19.1 Å². The minimum Gasteiger partial charge on any atom is -0.332 e. The van der Waals surface area contributed by atoms with E-state index in [1.165, 1.54) is 12.6 Å². The quantitative estimate of drug-likeness (QED) is 0.786. The SMILES string of the molecule is O=C(NC(n1ccc(=O)[nH]c1=O)C(Cl)(Cl)Cl)C1CC2CCC1C2. The molecule has 2 N–H and O–H groups in total. The number of hydrogen-bond donors (Lipinski definition) is 2. The summed E-state index contributed by atoms with van der Waals surface area (Å²) in [6.45, 7) is 0. The zero-order valence-electron chi connectivity index (χ0n) is 12.1. The van der Waals surface area contributed by atoms with Gasteiger partial charge in [0, 0.05) is 18.2 Å². The maximum atomic E-state index is 12.6. The van der Waals surface area contributed by atoms with E-state index in [1.54, 1.807) is 0 Å². The summed E-state index contributed by atoms with van der Waals surface area (Å²) in [4.78, 5) is 37.8. The van der Waals surface area contributed by atoms with Gasteiger partial charge >= 0.3 is 5.69 Å². The molecule has 2 fully saturated rings. The second kappa shape index (κ2) is 6.15. The number of fused-ring (bicyclic) bond motifs is 2. The third-order valence-electron chi connectivity index (χ3n) is 4.79. The number of amides is 1. The number of carbonyl (C=O) groups excluding carboxylic acids is 1. The Hall–Kier alpha value is -0.980. The van der Waals surface area contributed by atoms with Crippen molar-refractivity contribution in [2.45, 2.75) is 35.6 Å². The van der Waals surface area contributed by atoms with Crippen LogP contribution in [-0.2, 0) is 4.79 Å². The molecule has 4 unspecified atom stereocenters. The zero-order valence-corrected chi connectivity index (χ0v) is 14.4. The molecule has 0 spiro atoms. The van der Waals surface area contributed by atoms with Crippen LogP contribution in [0, 0.1) is 17.8 Å². The van der Waals surface area contributed by atoms with Gasteiger partial charge in [0.1, 0.15) is 0 Å². The van der Waals surface area contributed by atoms with E-state index in [4.69, 9.17) is 34.8 Å². The summed E-state index contributed by atoms with van der Waals surface area (Å²) in [6, 6.07) is 1.13. The van der Waals surface area contributed by atoms with Crippen LogP contribution >= 0.6 is 34.8 Å². The molecule has 2 saturated carbocycles. The molecule has 6 nitrogen and oxygen atoms in total. The Labute approximate surface area is 147 Å². The van der Waals surface area contributed by atoms with E-state index in [2.05, 4.69) is 10.3 Å². The molecule has 4 atom stereocenters. The summed E-state index contributed by atoms with van der Waals surface area (Å²) in [5.74, 6) is 0.634. The largest absolute Gasteiger partial charge is 0.332 e. The van der Waals surface area contributed by atoms with Crippen molar-refractivity contribution < 1.29 is 4.79 Å². The molecule has 23 heavy (non-hydrogen) atoms. The number of alkyl halides is 3. The fourth-order valence-corrected chi connectivity index (χ4v) is 4.23. The molecule has 126 valence electrons. The minimum absolute atomic E-state index is 0.109. The van der Waals surface area contributed by atoms with Crippen LogP contribution in [-0.4, -0.2) is 19.3 Å². The highest BCUT2D eigenvalue weighted by atomic mass is 35.6. The second-order valence-electron chi connectivity index (χ2n) is 6.25. The smallest absolute Gasteiger partial charge is 0.330 e. The van der Waals surface area contributed by atoms with Crippen molar-refractivity contribution >= 4 is 40.7 Å². The highest BCUT2D eigenvalue weighted by molar-refractivity contribution is 6.67. The Kier molecular flexibility index (Phi) is 4.51. The number of carbonyl (C=O) groups is 1. The average molecular weight is 381 g/mol. The number of hydrogen-bond acceptors (Lipinski definition) is 3. The predicted octanol–water partition coefficient (Wildman–Crippen LogP) is 1.96. The molecular formula is C14H16Cl3N3O3. The number of aromatic nitrogens is 2. The molecule has 1 aromatic heterocycles. The Bertz CT molecular complexity index is 724. The molecule has 1 heterocycles. The Morgan fingerprint density at radius 3 is 2.57 bits per heavy atom. The van der Waals surface area contributed by atoms with Crippen LogP contribution in [0.4, 0.5) is 0 Å². The lowest BCUT2D eigenvalue weighted by molar-refractivity contribution is -0.127. The van der Waals surface area contributed by atoms with Crippen LogP contribution in [0.25, 0.3) is 0 Å². The van der Waals surface area contributed by atoms with Crippen molar-refractivity contribution in [1.82, 2.24) is 14.9 Å². The van der Waals surface area contributed by atoms with Crippen LogP contribution in [0.5, 0.6) is 0 Å². The summed E-state index contributed by atoms with van der Waals surface area (Å²) in [5.41, 5.74) is -1.31. The first kappa shape index (κ1) is 16.9. The fourth-order valence-electron chi connectivity index (χ4n) is 3.75. The maximum absolute atomic E-state index is 12.6. The van der Waals surface area contributed by atoms with Crippen LogP contribution in [0.3, 0.4) is 0 Å². The topological polar surface area (TPSA) is 84.0 Å². The molecule has 2 aliphatic rings. The van der Waals surface area contributed by atoms with E-state index in [1.807, 2.05) is 0 Å². The van der Waals surface area contributed by atoms with E-state index < -0.39 is 21.2 Å². The highest BCUT2D eigenvalue weighted by Gasteiger charge is 2.45. The number of halogens is 3. The average Bonchev–Trinajstić information content (AvgIpc) is 3.06. The summed E-state index contributed by atoms with van der Waals surface area (Å²) in [5, 5.41) is 2.67.